The Hall–Kier alpha value is -2.86. The lowest BCUT2D eigenvalue weighted by atomic mass is 10.1. The summed E-state index contributed by atoms with van der Waals surface area (Å²) in [5.74, 6) is 0. The van der Waals surface area contributed by atoms with E-state index in [4.69, 9.17) is 0 Å². The van der Waals surface area contributed by atoms with Gasteiger partial charge in [-0.05, 0) is 43.5 Å². The molecule has 0 amide bonds. The molecule has 0 fully saturated rings. The van der Waals surface area contributed by atoms with E-state index in [0.29, 0.717) is 11.6 Å². The zero-order chi connectivity index (χ0) is 16.0. The highest BCUT2D eigenvalue weighted by atomic mass is 15.2. The molecule has 0 aliphatic carbocycles. The third-order valence-electron chi connectivity index (χ3n) is 4.56. The zero-order valence-electron chi connectivity index (χ0n) is 13.2. The Morgan fingerprint density at radius 3 is 2.87 bits per heavy atom. The Balaban J connectivity index is 2.04. The van der Waals surface area contributed by atoms with Crippen molar-refractivity contribution in [2.45, 2.75) is 26.3 Å². The number of fused-ring (bicyclic) bond motifs is 2. The number of benzene rings is 2. The van der Waals surface area contributed by atoms with E-state index in [9.17, 15) is 5.26 Å². The monoisotopic (exact) mass is 299 g/mol. The summed E-state index contributed by atoms with van der Waals surface area (Å²) in [7, 11) is 0. The molecule has 0 saturated heterocycles. The van der Waals surface area contributed by atoms with E-state index in [1.165, 1.54) is 16.8 Å². The first-order chi connectivity index (χ1) is 11.2. The number of pyridine rings is 1. The second kappa shape index (κ2) is 5.10. The van der Waals surface area contributed by atoms with Crippen molar-refractivity contribution >= 4 is 22.3 Å². The summed E-state index contributed by atoms with van der Waals surface area (Å²) in [5.41, 5.74) is 6.26. The number of hydrogen-bond donors (Lipinski definition) is 0. The normalized spacial score (nSPS) is 16.4. The van der Waals surface area contributed by atoms with E-state index in [1.54, 1.807) is 6.20 Å². The van der Waals surface area contributed by atoms with Crippen LogP contribution in [0.3, 0.4) is 0 Å². The number of nitriles is 1. The van der Waals surface area contributed by atoms with Gasteiger partial charge in [0.2, 0.25) is 0 Å². The summed E-state index contributed by atoms with van der Waals surface area (Å²) in [5, 5.41) is 10.7. The van der Waals surface area contributed by atoms with Gasteiger partial charge in [-0.2, -0.15) is 5.26 Å². The lowest BCUT2D eigenvalue weighted by molar-refractivity contribution is 0.760. The van der Waals surface area contributed by atoms with Crippen LogP contribution >= 0.6 is 0 Å². The molecular formula is C20H17N3. The SMILES string of the molecule is Cc1ccc2c(N3c4ccccc4CC3C)c(C#N)cnc2c1. The van der Waals surface area contributed by atoms with Gasteiger partial charge in [-0.1, -0.05) is 30.3 Å². The largest absolute Gasteiger partial charge is 0.336 e. The molecule has 1 aromatic heterocycles. The van der Waals surface area contributed by atoms with E-state index in [1.807, 2.05) is 0 Å². The van der Waals surface area contributed by atoms with Crippen LogP contribution in [0.5, 0.6) is 0 Å². The predicted molar refractivity (Wildman–Crippen MR) is 92.9 cm³/mol. The molecule has 1 unspecified atom stereocenters. The van der Waals surface area contributed by atoms with Crippen molar-refractivity contribution in [1.82, 2.24) is 4.98 Å². The minimum absolute atomic E-state index is 0.325. The molecule has 1 aliphatic heterocycles. The van der Waals surface area contributed by atoms with E-state index in [0.717, 1.165) is 23.0 Å². The molecule has 0 spiro atoms. The summed E-state index contributed by atoms with van der Waals surface area (Å²) < 4.78 is 0. The summed E-state index contributed by atoms with van der Waals surface area (Å²) in [6.45, 7) is 4.27. The summed E-state index contributed by atoms with van der Waals surface area (Å²) in [4.78, 5) is 6.78. The van der Waals surface area contributed by atoms with Crippen LogP contribution in [0.25, 0.3) is 10.9 Å². The quantitative estimate of drug-likeness (QED) is 0.664. The van der Waals surface area contributed by atoms with Crippen LogP contribution in [0.2, 0.25) is 0 Å². The van der Waals surface area contributed by atoms with Gasteiger partial charge in [0.05, 0.1) is 16.8 Å². The lowest BCUT2D eigenvalue weighted by Gasteiger charge is -2.27. The Morgan fingerprint density at radius 1 is 1.22 bits per heavy atom. The second-order valence-corrected chi connectivity index (χ2v) is 6.20. The van der Waals surface area contributed by atoms with Gasteiger partial charge < -0.3 is 4.90 Å². The van der Waals surface area contributed by atoms with Gasteiger partial charge in [-0.3, -0.25) is 4.98 Å². The van der Waals surface area contributed by atoms with Crippen LogP contribution in [0, 0.1) is 18.3 Å². The first kappa shape index (κ1) is 13.8. The molecule has 112 valence electrons. The molecule has 0 saturated carbocycles. The maximum atomic E-state index is 9.61. The molecule has 3 aromatic rings. The number of nitrogens with zero attached hydrogens (tertiary/aromatic N) is 3. The van der Waals surface area contributed by atoms with Crippen molar-refractivity contribution < 1.29 is 0 Å². The van der Waals surface area contributed by atoms with Crippen LogP contribution in [0.1, 0.15) is 23.6 Å². The molecule has 0 N–H and O–H groups in total. The van der Waals surface area contributed by atoms with Gasteiger partial charge in [-0.15, -0.1) is 0 Å². The minimum atomic E-state index is 0.325. The van der Waals surface area contributed by atoms with Gasteiger partial charge >= 0.3 is 0 Å². The van der Waals surface area contributed by atoms with Crippen LogP contribution < -0.4 is 4.90 Å². The molecule has 1 atom stereocenters. The first-order valence-electron chi connectivity index (χ1n) is 7.85. The van der Waals surface area contributed by atoms with Gasteiger partial charge in [0.15, 0.2) is 0 Å². The third-order valence-corrected chi connectivity index (χ3v) is 4.56. The highest BCUT2D eigenvalue weighted by Gasteiger charge is 2.29. The number of rotatable bonds is 1. The molecule has 3 heteroatoms. The predicted octanol–water partition coefficient (Wildman–Crippen LogP) is 4.50. The molecular weight excluding hydrogens is 282 g/mol. The van der Waals surface area contributed by atoms with Gasteiger partial charge in [0.1, 0.15) is 6.07 Å². The summed E-state index contributed by atoms with van der Waals surface area (Å²) in [6.07, 6.45) is 2.70. The van der Waals surface area contributed by atoms with E-state index >= 15 is 0 Å². The highest BCUT2D eigenvalue weighted by Crippen LogP contribution is 2.42. The molecule has 0 bridgehead atoms. The molecule has 2 heterocycles. The van der Waals surface area contributed by atoms with Crippen LogP contribution in [-0.2, 0) is 6.42 Å². The summed E-state index contributed by atoms with van der Waals surface area (Å²) in [6, 6.07) is 17.3. The average molecular weight is 299 g/mol. The first-order valence-corrected chi connectivity index (χ1v) is 7.85. The minimum Gasteiger partial charge on any atom is -0.336 e. The maximum Gasteiger partial charge on any atom is 0.103 e. The van der Waals surface area contributed by atoms with E-state index < -0.39 is 0 Å². The van der Waals surface area contributed by atoms with Crippen molar-refractivity contribution in [2.24, 2.45) is 0 Å². The average Bonchev–Trinajstić information content (AvgIpc) is 2.89. The van der Waals surface area contributed by atoms with Gasteiger partial charge in [0, 0.05) is 23.3 Å². The van der Waals surface area contributed by atoms with E-state index in [2.05, 4.69) is 72.3 Å². The molecule has 2 aromatic carbocycles. The topological polar surface area (TPSA) is 39.9 Å². The van der Waals surface area contributed by atoms with Crippen molar-refractivity contribution in [3.8, 4) is 6.07 Å². The Kier molecular flexibility index (Phi) is 3.06. The zero-order valence-corrected chi connectivity index (χ0v) is 13.2. The van der Waals surface area contributed by atoms with E-state index in [-0.39, 0.29) is 0 Å². The van der Waals surface area contributed by atoms with Crippen molar-refractivity contribution in [3.05, 3.63) is 65.4 Å². The molecule has 1 aliphatic rings. The smallest absolute Gasteiger partial charge is 0.103 e. The van der Waals surface area contributed by atoms with Crippen molar-refractivity contribution in [2.75, 3.05) is 4.90 Å². The third kappa shape index (κ3) is 2.07. The molecule has 3 nitrogen and oxygen atoms in total. The number of anilines is 2. The van der Waals surface area contributed by atoms with Crippen LogP contribution in [0.4, 0.5) is 11.4 Å². The fraction of sp³-hybridized carbons (Fsp3) is 0.200. The van der Waals surface area contributed by atoms with Crippen LogP contribution in [0.15, 0.2) is 48.7 Å². The lowest BCUT2D eigenvalue weighted by Crippen LogP contribution is -2.25. The Morgan fingerprint density at radius 2 is 2.04 bits per heavy atom. The Bertz CT molecular complexity index is 953. The number of hydrogen-bond acceptors (Lipinski definition) is 3. The van der Waals surface area contributed by atoms with Crippen molar-refractivity contribution in [3.63, 3.8) is 0 Å². The molecule has 0 radical (unpaired) electrons. The highest BCUT2D eigenvalue weighted by molar-refractivity contribution is 5.97. The van der Waals surface area contributed by atoms with Crippen molar-refractivity contribution in [1.29, 1.82) is 5.26 Å². The number of para-hydroxylation sites is 1. The number of aryl methyl sites for hydroxylation is 1. The number of aromatic nitrogens is 1. The Labute approximate surface area is 135 Å². The second-order valence-electron chi connectivity index (χ2n) is 6.20. The standard InChI is InChI=1S/C20H17N3/c1-13-7-8-17-18(9-13)22-12-16(11-21)20(17)23-14(2)10-15-5-3-4-6-19(15)23/h3-9,12,14H,10H2,1-2H3. The molecule has 23 heavy (non-hydrogen) atoms. The summed E-state index contributed by atoms with van der Waals surface area (Å²) >= 11 is 0. The van der Waals surface area contributed by atoms with Gasteiger partial charge in [0.25, 0.3) is 0 Å². The molecule has 4 rings (SSSR count). The van der Waals surface area contributed by atoms with Crippen LogP contribution in [-0.4, -0.2) is 11.0 Å². The maximum absolute atomic E-state index is 9.61. The van der Waals surface area contributed by atoms with Gasteiger partial charge in [-0.25, -0.2) is 0 Å². The fourth-order valence-electron chi connectivity index (χ4n) is 3.54. The fourth-order valence-corrected chi connectivity index (χ4v) is 3.54.